The van der Waals surface area contributed by atoms with Crippen molar-refractivity contribution in [2.75, 3.05) is 35.3 Å². The molecule has 3 heterocycles. The van der Waals surface area contributed by atoms with E-state index in [-0.39, 0.29) is 17.7 Å². The van der Waals surface area contributed by atoms with Crippen molar-refractivity contribution in [3.63, 3.8) is 0 Å². The van der Waals surface area contributed by atoms with Crippen LogP contribution in [0, 0.1) is 6.92 Å². The zero-order valence-electron chi connectivity index (χ0n) is 24.6. The zero-order chi connectivity index (χ0) is 29.6. The standard InChI is InChI=1S/C32H36N6O4/c1-20-10-9-13-25-27(20)37(31(40)42-32(2,3)4)15-14-36(25)26-16-21-19-33-30(34-22-11-7-6-8-12-22)35-28(21)38(29(26)39)23-17-24(18-23)41-5/h6-13,16,19,23-24H,14-15,17-18H2,1-5H3,(H,33,34,35). The number of nitrogens with zero attached hydrogens (tertiary/aromatic N) is 5. The highest BCUT2D eigenvalue weighted by atomic mass is 16.6. The second-order valence-electron chi connectivity index (χ2n) is 11.9. The van der Waals surface area contributed by atoms with Crippen LogP contribution in [0.25, 0.3) is 11.0 Å². The molecule has 218 valence electrons. The summed E-state index contributed by atoms with van der Waals surface area (Å²) in [5.74, 6) is 0.421. The van der Waals surface area contributed by atoms with Crippen LogP contribution in [-0.2, 0) is 9.47 Å². The zero-order valence-corrected chi connectivity index (χ0v) is 24.6. The van der Waals surface area contributed by atoms with Crippen molar-refractivity contribution in [2.45, 2.75) is 58.3 Å². The van der Waals surface area contributed by atoms with Crippen LogP contribution < -0.4 is 20.7 Å². The summed E-state index contributed by atoms with van der Waals surface area (Å²) >= 11 is 0. The molecule has 1 amide bonds. The quantitative estimate of drug-likeness (QED) is 0.309. The highest BCUT2D eigenvalue weighted by molar-refractivity contribution is 5.97. The average Bonchev–Trinajstić information content (AvgIpc) is 2.93. The summed E-state index contributed by atoms with van der Waals surface area (Å²) in [5.41, 5.74) is 3.64. The number of ether oxygens (including phenoxy) is 2. The maximum atomic E-state index is 14.4. The minimum Gasteiger partial charge on any atom is -0.443 e. The summed E-state index contributed by atoms with van der Waals surface area (Å²) in [6.07, 6.45) is 2.91. The van der Waals surface area contributed by atoms with E-state index in [2.05, 4.69) is 10.3 Å². The van der Waals surface area contributed by atoms with E-state index < -0.39 is 11.7 Å². The van der Waals surface area contributed by atoms with Gasteiger partial charge in [0.1, 0.15) is 16.9 Å². The van der Waals surface area contributed by atoms with Gasteiger partial charge in [-0.2, -0.15) is 4.98 Å². The van der Waals surface area contributed by atoms with Crippen molar-refractivity contribution >= 4 is 45.8 Å². The number of aryl methyl sites for hydroxylation is 1. The molecule has 1 aliphatic heterocycles. The molecule has 10 heteroatoms. The summed E-state index contributed by atoms with van der Waals surface area (Å²) in [6, 6.07) is 17.4. The molecule has 42 heavy (non-hydrogen) atoms. The first-order valence-corrected chi connectivity index (χ1v) is 14.3. The Balaban J connectivity index is 1.45. The maximum absolute atomic E-state index is 14.4. The van der Waals surface area contributed by atoms with E-state index in [9.17, 15) is 9.59 Å². The van der Waals surface area contributed by atoms with Gasteiger partial charge in [-0.1, -0.05) is 30.3 Å². The Labute approximate surface area is 244 Å². The second kappa shape index (κ2) is 10.8. The monoisotopic (exact) mass is 568 g/mol. The third-order valence-electron chi connectivity index (χ3n) is 7.78. The SMILES string of the molecule is COC1CC(n2c(=O)c(N3CCN(C(=O)OC(C)(C)C)c4c(C)cccc43)cc3cnc(Nc4ccccc4)nc32)C1. The summed E-state index contributed by atoms with van der Waals surface area (Å²) < 4.78 is 13.1. The number of carbonyl (C=O) groups is 1. The van der Waals surface area contributed by atoms with Crippen molar-refractivity contribution in [1.82, 2.24) is 14.5 Å². The number of nitrogens with one attached hydrogen (secondary N) is 1. The summed E-state index contributed by atoms with van der Waals surface area (Å²) in [7, 11) is 1.70. The molecule has 0 spiro atoms. The molecule has 2 aliphatic rings. The van der Waals surface area contributed by atoms with Gasteiger partial charge >= 0.3 is 6.09 Å². The van der Waals surface area contributed by atoms with Crippen LogP contribution in [0.3, 0.4) is 0 Å². The predicted molar refractivity (Wildman–Crippen MR) is 164 cm³/mol. The van der Waals surface area contributed by atoms with Gasteiger partial charge in [0.05, 0.1) is 17.5 Å². The Kier molecular flexibility index (Phi) is 7.10. The van der Waals surface area contributed by atoms with Crippen LogP contribution in [-0.4, -0.2) is 52.5 Å². The Bertz CT molecular complexity index is 1690. The Morgan fingerprint density at radius 3 is 2.50 bits per heavy atom. The molecule has 0 saturated heterocycles. The smallest absolute Gasteiger partial charge is 0.414 e. The van der Waals surface area contributed by atoms with Crippen molar-refractivity contribution < 1.29 is 14.3 Å². The molecular formula is C32H36N6O4. The van der Waals surface area contributed by atoms with Crippen LogP contribution in [0.15, 0.2) is 65.6 Å². The third-order valence-corrected chi connectivity index (χ3v) is 7.78. The second-order valence-corrected chi connectivity index (χ2v) is 11.9. The summed E-state index contributed by atoms with van der Waals surface area (Å²) in [6.45, 7) is 8.33. The van der Waals surface area contributed by atoms with E-state index in [0.29, 0.717) is 30.4 Å². The number of carbonyl (C=O) groups excluding carboxylic acids is 1. The van der Waals surface area contributed by atoms with Gasteiger partial charge < -0.3 is 19.7 Å². The largest absolute Gasteiger partial charge is 0.443 e. The normalized spacial score (nSPS) is 18.4. The van der Waals surface area contributed by atoms with Gasteiger partial charge in [-0.3, -0.25) is 14.3 Å². The lowest BCUT2D eigenvalue weighted by molar-refractivity contribution is 0.00640. The summed E-state index contributed by atoms with van der Waals surface area (Å²) in [4.78, 5) is 40.6. The molecule has 1 saturated carbocycles. The average molecular weight is 569 g/mol. The van der Waals surface area contributed by atoms with Crippen molar-refractivity contribution in [2.24, 2.45) is 0 Å². The fourth-order valence-corrected chi connectivity index (χ4v) is 5.68. The molecule has 1 aliphatic carbocycles. The number of benzene rings is 2. The fraction of sp³-hybridized carbons (Fsp3) is 0.375. The first-order chi connectivity index (χ1) is 20.1. The molecular weight excluding hydrogens is 532 g/mol. The Morgan fingerprint density at radius 1 is 1.02 bits per heavy atom. The number of para-hydroxylation sites is 2. The number of fused-ring (bicyclic) bond motifs is 2. The molecule has 1 fully saturated rings. The molecule has 2 aromatic carbocycles. The van der Waals surface area contributed by atoms with Crippen LogP contribution in [0.2, 0.25) is 0 Å². The molecule has 0 atom stereocenters. The van der Waals surface area contributed by atoms with Gasteiger partial charge in [0.15, 0.2) is 0 Å². The van der Waals surface area contributed by atoms with Crippen LogP contribution in [0.4, 0.5) is 33.5 Å². The lowest BCUT2D eigenvalue weighted by atomic mass is 9.88. The van der Waals surface area contributed by atoms with Crippen LogP contribution in [0.5, 0.6) is 0 Å². The van der Waals surface area contributed by atoms with Gasteiger partial charge in [-0.15, -0.1) is 0 Å². The van der Waals surface area contributed by atoms with Crippen LogP contribution in [0.1, 0.15) is 45.2 Å². The molecule has 1 N–H and O–H groups in total. The molecule has 0 bridgehead atoms. The number of amides is 1. The van der Waals surface area contributed by atoms with Gasteiger partial charge in [-0.25, -0.2) is 9.78 Å². The number of methoxy groups -OCH3 is 1. The topological polar surface area (TPSA) is 102 Å². The molecule has 4 aromatic rings. The molecule has 0 radical (unpaired) electrons. The first-order valence-electron chi connectivity index (χ1n) is 14.3. The molecule has 10 nitrogen and oxygen atoms in total. The van der Waals surface area contributed by atoms with Crippen molar-refractivity contribution in [3.8, 4) is 0 Å². The van der Waals surface area contributed by atoms with Gasteiger partial charge in [0.2, 0.25) is 5.95 Å². The lowest BCUT2D eigenvalue weighted by Gasteiger charge is -2.40. The van der Waals surface area contributed by atoms with Crippen LogP contribution >= 0.6 is 0 Å². The maximum Gasteiger partial charge on any atom is 0.414 e. The number of hydrogen-bond acceptors (Lipinski definition) is 8. The third kappa shape index (κ3) is 5.18. The van der Waals surface area contributed by atoms with E-state index >= 15 is 0 Å². The van der Waals surface area contributed by atoms with Gasteiger partial charge in [0.25, 0.3) is 5.56 Å². The molecule has 6 rings (SSSR count). The number of rotatable bonds is 5. The lowest BCUT2D eigenvalue weighted by Crippen LogP contribution is -2.47. The first kappa shape index (κ1) is 27.7. The molecule has 2 aromatic heterocycles. The summed E-state index contributed by atoms with van der Waals surface area (Å²) in [5, 5.41) is 4.00. The van der Waals surface area contributed by atoms with Crippen molar-refractivity contribution in [1.29, 1.82) is 0 Å². The minimum absolute atomic E-state index is 0.0515. The Morgan fingerprint density at radius 2 is 1.79 bits per heavy atom. The minimum atomic E-state index is -0.625. The van der Waals surface area contributed by atoms with E-state index in [0.717, 1.165) is 40.9 Å². The van der Waals surface area contributed by atoms with Gasteiger partial charge in [-0.05, 0) is 70.4 Å². The fourth-order valence-electron chi connectivity index (χ4n) is 5.68. The Hall–Kier alpha value is -4.44. The van der Waals surface area contributed by atoms with E-state index in [1.54, 1.807) is 22.8 Å². The number of anilines is 5. The van der Waals surface area contributed by atoms with Gasteiger partial charge in [0, 0.05) is 43.5 Å². The highest BCUT2D eigenvalue weighted by Crippen LogP contribution is 2.41. The number of pyridine rings is 1. The predicted octanol–water partition coefficient (Wildman–Crippen LogP) is 6.09. The van der Waals surface area contributed by atoms with E-state index in [1.807, 2.05) is 87.2 Å². The van der Waals surface area contributed by atoms with Crippen molar-refractivity contribution in [3.05, 3.63) is 76.7 Å². The van der Waals surface area contributed by atoms with E-state index in [4.69, 9.17) is 14.5 Å². The number of hydrogen-bond donors (Lipinski definition) is 1. The number of aromatic nitrogens is 3. The van der Waals surface area contributed by atoms with E-state index in [1.165, 1.54) is 0 Å². The highest BCUT2D eigenvalue weighted by Gasteiger charge is 2.36. The molecule has 0 unspecified atom stereocenters.